The van der Waals surface area contributed by atoms with Crippen molar-refractivity contribution in [1.82, 2.24) is 9.88 Å². The SMILES string of the molecule is COc1ccc2[nH]cc(C3CCN(CCC(=O)Nc4ccc(C#N)c(Cl)c4)CC3)c2c1. The van der Waals surface area contributed by atoms with Gasteiger partial charge in [0, 0.05) is 35.8 Å². The number of aromatic nitrogens is 1. The van der Waals surface area contributed by atoms with Crippen molar-refractivity contribution in [1.29, 1.82) is 5.26 Å². The molecule has 1 aliphatic rings. The molecule has 2 aromatic carbocycles. The summed E-state index contributed by atoms with van der Waals surface area (Å²) in [5.41, 5.74) is 3.50. The number of amides is 1. The van der Waals surface area contributed by atoms with Gasteiger partial charge in [0.1, 0.15) is 11.8 Å². The van der Waals surface area contributed by atoms with Crippen LogP contribution in [0.4, 0.5) is 5.69 Å². The monoisotopic (exact) mass is 436 g/mol. The van der Waals surface area contributed by atoms with Crippen molar-refractivity contribution >= 4 is 34.1 Å². The van der Waals surface area contributed by atoms with Crippen molar-refractivity contribution in [2.45, 2.75) is 25.2 Å². The summed E-state index contributed by atoms with van der Waals surface area (Å²) in [6.07, 6.45) is 4.68. The summed E-state index contributed by atoms with van der Waals surface area (Å²) in [4.78, 5) is 18.0. The van der Waals surface area contributed by atoms with Crippen LogP contribution in [-0.2, 0) is 4.79 Å². The number of halogens is 1. The number of anilines is 1. The Balaban J connectivity index is 1.28. The standard InChI is InChI=1S/C24H25ClN4O2/c1-31-19-4-5-23-20(13-19)21(15-27-23)16-6-9-29(10-7-16)11-8-24(30)28-18-3-2-17(14-26)22(25)12-18/h2-5,12-13,15-16,27H,6-11H2,1H3,(H,28,30). The van der Waals surface area contributed by atoms with Crippen LogP contribution in [0.1, 0.15) is 36.3 Å². The van der Waals surface area contributed by atoms with E-state index in [1.54, 1.807) is 25.3 Å². The Morgan fingerprint density at radius 3 is 2.81 bits per heavy atom. The first-order chi connectivity index (χ1) is 15.1. The summed E-state index contributed by atoms with van der Waals surface area (Å²) in [6, 6.07) is 13.1. The van der Waals surface area contributed by atoms with Gasteiger partial charge >= 0.3 is 0 Å². The number of rotatable bonds is 6. The predicted molar refractivity (Wildman–Crippen MR) is 123 cm³/mol. The van der Waals surface area contributed by atoms with Crippen molar-refractivity contribution in [3.63, 3.8) is 0 Å². The van der Waals surface area contributed by atoms with Crippen molar-refractivity contribution in [2.24, 2.45) is 0 Å². The molecule has 3 aromatic rings. The van der Waals surface area contributed by atoms with Crippen LogP contribution < -0.4 is 10.1 Å². The number of nitrogens with one attached hydrogen (secondary N) is 2. The molecule has 4 rings (SSSR count). The van der Waals surface area contributed by atoms with Crippen LogP contribution in [0, 0.1) is 11.3 Å². The van der Waals surface area contributed by atoms with Gasteiger partial charge in [-0.15, -0.1) is 0 Å². The van der Waals surface area contributed by atoms with E-state index < -0.39 is 0 Å². The summed E-state index contributed by atoms with van der Waals surface area (Å²) < 4.78 is 5.38. The van der Waals surface area contributed by atoms with Crippen LogP contribution in [0.25, 0.3) is 10.9 Å². The lowest BCUT2D eigenvalue weighted by Crippen LogP contribution is -2.35. The molecule has 2 heterocycles. The zero-order chi connectivity index (χ0) is 21.8. The summed E-state index contributed by atoms with van der Waals surface area (Å²) in [5.74, 6) is 1.33. The van der Waals surface area contributed by atoms with Crippen LogP contribution in [-0.4, -0.2) is 42.5 Å². The zero-order valence-corrected chi connectivity index (χ0v) is 18.2. The van der Waals surface area contributed by atoms with Crippen molar-refractivity contribution < 1.29 is 9.53 Å². The maximum Gasteiger partial charge on any atom is 0.225 e. The van der Waals surface area contributed by atoms with Gasteiger partial charge in [0.15, 0.2) is 0 Å². The number of nitrogens with zero attached hydrogens (tertiary/aromatic N) is 2. The van der Waals surface area contributed by atoms with Crippen molar-refractivity contribution in [3.05, 3.63) is 58.7 Å². The Morgan fingerprint density at radius 1 is 1.29 bits per heavy atom. The van der Waals surface area contributed by atoms with Gasteiger partial charge in [-0.2, -0.15) is 5.26 Å². The molecule has 2 N–H and O–H groups in total. The average molecular weight is 437 g/mol. The van der Waals surface area contributed by atoms with Gasteiger partial charge in [0.2, 0.25) is 5.91 Å². The number of carbonyl (C=O) groups excluding carboxylic acids is 1. The van der Waals surface area contributed by atoms with Crippen LogP contribution in [0.2, 0.25) is 5.02 Å². The highest BCUT2D eigenvalue weighted by Gasteiger charge is 2.23. The van der Waals surface area contributed by atoms with E-state index in [0.29, 0.717) is 28.6 Å². The number of hydrogen-bond donors (Lipinski definition) is 2. The Labute approximate surface area is 186 Å². The number of hydrogen-bond acceptors (Lipinski definition) is 4. The van der Waals surface area contributed by atoms with Gasteiger partial charge in [-0.1, -0.05) is 11.6 Å². The third-order valence-electron chi connectivity index (χ3n) is 5.98. The van der Waals surface area contributed by atoms with Crippen LogP contribution in [0.3, 0.4) is 0 Å². The normalized spacial score (nSPS) is 15.0. The molecule has 1 saturated heterocycles. The first-order valence-electron chi connectivity index (χ1n) is 10.4. The smallest absolute Gasteiger partial charge is 0.225 e. The van der Waals surface area contributed by atoms with E-state index in [1.165, 1.54) is 10.9 Å². The van der Waals surface area contributed by atoms with Gasteiger partial charge in [-0.25, -0.2) is 0 Å². The molecule has 31 heavy (non-hydrogen) atoms. The maximum atomic E-state index is 12.3. The average Bonchev–Trinajstić information content (AvgIpc) is 3.21. The molecular formula is C24H25ClN4O2. The van der Waals surface area contributed by atoms with E-state index in [0.717, 1.165) is 43.7 Å². The number of nitriles is 1. The van der Waals surface area contributed by atoms with E-state index in [9.17, 15) is 4.79 Å². The van der Waals surface area contributed by atoms with Gasteiger partial charge in [0.05, 0.1) is 17.7 Å². The van der Waals surface area contributed by atoms with Crippen LogP contribution in [0.5, 0.6) is 5.75 Å². The molecule has 160 valence electrons. The molecule has 0 atom stereocenters. The van der Waals surface area contributed by atoms with Crippen molar-refractivity contribution in [3.8, 4) is 11.8 Å². The minimum atomic E-state index is -0.0494. The lowest BCUT2D eigenvalue weighted by molar-refractivity contribution is -0.116. The second kappa shape index (κ2) is 9.42. The Kier molecular flexibility index (Phi) is 6.45. The third-order valence-corrected chi connectivity index (χ3v) is 6.29. The summed E-state index contributed by atoms with van der Waals surface area (Å²) in [5, 5.41) is 13.4. The number of likely N-dealkylation sites (tertiary alicyclic amines) is 1. The number of fused-ring (bicyclic) bond motifs is 1. The number of ether oxygens (including phenoxy) is 1. The molecule has 7 heteroatoms. The lowest BCUT2D eigenvalue weighted by Gasteiger charge is -2.31. The Hall–Kier alpha value is -3.01. The molecule has 1 aliphatic heterocycles. The molecule has 1 fully saturated rings. The second-order valence-corrected chi connectivity index (χ2v) is 8.28. The minimum Gasteiger partial charge on any atom is -0.497 e. The van der Waals surface area contributed by atoms with E-state index in [4.69, 9.17) is 21.6 Å². The maximum absolute atomic E-state index is 12.3. The Bertz CT molecular complexity index is 1130. The van der Waals surface area contributed by atoms with Gasteiger partial charge in [-0.3, -0.25) is 4.79 Å². The summed E-state index contributed by atoms with van der Waals surface area (Å²) >= 11 is 6.03. The number of benzene rings is 2. The fraction of sp³-hybridized carbons (Fsp3) is 0.333. The summed E-state index contributed by atoms with van der Waals surface area (Å²) in [6.45, 7) is 2.67. The third kappa shape index (κ3) is 4.84. The van der Waals surface area contributed by atoms with E-state index >= 15 is 0 Å². The second-order valence-electron chi connectivity index (χ2n) is 7.88. The number of H-pyrrole nitrogens is 1. The molecule has 0 spiro atoms. The molecule has 0 aliphatic carbocycles. The highest BCUT2D eigenvalue weighted by Crippen LogP contribution is 2.34. The summed E-state index contributed by atoms with van der Waals surface area (Å²) in [7, 11) is 1.69. The van der Waals surface area contributed by atoms with Crippen LogP contribution >= 0.6 is 11.6 Å². The van der Waals surface area contributed by atoms with Gasteiger partial charge in [-0.05, 0) is 73.8 Å². The van der Waals surface area contributed by atoms with Crippen molar-refractivity contribution in [2.75, 3.05) is 32.1 Å². The quantitative estimate of drug-likeness (QED) is 0.575. The molecule has 0 saturated carbocycles. The van der Waals surface area contributed by atoms with E-state index in [1.807, 2.05) is 12.1 Å². The zero-order valence-electron chi connectivity index (χ0n) is 17.5. The molecule has 0 bridgehead atoms. The molecule has 1 amide bonds. The highest BCUT2D eigenvalue weighted by molar-refractivity contribution is 6.32. The fourth-order valence-electron chi connectivity index (χ4n) is 4.22. The first-order valence-corrected chi connectivity index (χ1v) is 10.8. The topological polar surface area (TPSA) is 81.2 Å². The predicted octanol–water partition coefficient (Wildman–Crippen LogP) is 4.91. The molecule has 0 radical (unpaired) electrons. The van der Waals surface area contributed by atoms with Crippen LogP contribution in [0.15, 0.2) is 42.6 Å². The number of methoxy groups -OCH3 is 1. The highest BCUT2D eigenvalue weighted by atomic mass is 35.5. The molecular weight excluding hydrogens is 412 g/mol. The fourth-order valence-corrected chi connectivity index (χ4v) is 4.44. The van der Waals surface area contributed by atoms with Gasteiger partial charge in [0.25, 0.3) is 0 Å². The molecule has 6 nitrogen and oxygen atoms in total. The largest absolute Gasteiger partial charge is 0.497 e. The minimum absolute atomic E-state index is 0.0494. The first kappa shape index (κ1) is 21.2. The number of aromatic amines is 1. The molecule has 1 aromatic heterocycles. The van der Waals surface area contributed by atoms with Gasteiger partial charge < -0.3 is 19.9 Å². The van der Waals surface area contributed by atoms with E-state index in [2.05, 4.69) is 33.5 Å². The lowest BCUT2D eigenvalue weighted by atomic mass is 9.89. The molecule has 0 unspecified atom stereocenters. The number of piperidine rings is 1. The Morgan fingerprint density at radius 2 is 2.10 bits per heavy atom. The number of carbonyl (C=O) groups is 1. The van der Waals surface area contributed by atoms with E-state index in [-0.39, 0.29) is 5.91 Å².